The molecule has 1 N–H and O–H groups in total. The van der Waals surface area contributed by atoms with E-state index in [0.29, 0.717) is 37.9 Å². The van der Waals surface area contributed by atoms with Crippen molar-refractivity contribution in [1.82, 2.24) is 0 Å². The van der Waals surface area contributed by atoms with Gasteiger partial charge in [-0.2, -0.15) is 0 Å². The first-order chi connectivity index (χ1) is 26.5. The molecule has 1 aliphatic carbocycles. The average molecular weight is 797 g/mol. The molecule has 0 aromatic carbocycles. The zero-order valence-electron chi connectivity index (χ0n) is 35.4. The molecular formula is C44H79NO9P+. The number of likely N-dealkylation sites (N-methyl/N-ethyl adjacent to an activating group) is 1. The molecule has 0 bridgehead atoms. The summed E-state index contributed by atoms with van der Waals surface area (Å²) in [7, 11) is 6.07. The van der Waals surface area contributed by atoms with Gasteiger partial charge in [0.1, 0.15) is 25.9 Å². The highest BCUT2D eigenvalue weighted by molar-refractivity contribution is 7.26. The maximum absolute atomic E-state index is 12.8. The minimum absolute atomic E-state index is 0.00704. The Balaban J connectivity index is 1.69. The molecule has 1 unspecified atom stereocenters. The lowest BCUT2D eigenvalue weighted by Crippen LogP contribution is -2.37. The molecule has 2 aliphatic rings. The van der Waals surface area contributed by atoms with Crippen LogP contribution in [0.1, 0.15) is 162 Å². The molecule has 2 fully saturated rings. The Morgan fingerprint density at radius 2 is 1.44 bits per heavy atom. The Bertz CT molecular complexity index is 1110. The van der Waals surface area contributed by atoms with Crippen LogP contribution >= 0.6 is 9.03 Å². The summed E-state index contributed by atoms with van der Waals surface area (Å²) in [4.78, 5) is 38.0. The Kier molecular flexibility index (Phi) is 27.3. The second-order valence-electron chi connectivity index (χ2n) is 16.7. The zero-order valence-corrected chi connectivity index (χ0v) is 36.4. The minimum atomic E-state index is -0.718. The molecule has 55 heavy (non-hydrogen) atoms. The van der Waals surface area contributed by atoms with Crippen molar-refractivity contribution in [3.63, 3.8) is 0 Å². The molecule has 0 radical (unpaired) electrons. The molecule has 0 aromatic heterocycles. The number of aliphatic hydroxyl groups excluding tert-OH is 1. The van der Waals surface area contributed by atoms with E-state index >= 15 is 0 Å². The monoisotopic (exact) mass is 797 g/mol. The van der Waals surface area contributed by atoms with E-state index < -0.39 is 12.2 Å². The van der Waals surface area contributed by atoms with Crippen LogP contribution in [-0.4, -0.2) is 99.2 Å². The summed E-state index contributed by atoms with van der Waals surface area (Å²) in [5.74, 6) is -0.866. The Labute approximate surface area is 336 Å². The summed E-state index contributed by atoms with van der Waals surface area (Å²) in [6, 6.07) is 0. The summed E-state index contributed by atoms with van der Waals surface area (Å²) in [6.45, 7) is 5.85. The summed E-state index contributed by atoms with van der Waals surface area (Å²) in [5.41, 5.74) is 0.672. The molecule has 6 atom stereocenters. The Morgan fingerprint density at radius 1 is 0.818 bits per heavy atom. The average Bonchev–Trinajstić information content (AvgIpc) is 3.83. The van der Waals surface area contributed by atoms with Gasteiger partial charge < -0.3 is 32.8 Å². The van der Waals surface area contributed by atoms with Gasteiger partial charge in [-0.3, -0.25) is 14.4 Å². The molecular weight excluding hydrogens is 717 g/mol. The number of hydrogen-bond acceptors (Lipinski definition) is 9. The number of allylic oxidation sites excluding steroid dienone is 2. The van der Waals surface area contributed by atoms with E-state index in [1.807, 2.05) is 6.08 Å². The number of unbranched alkanes of at least 4 members (excludes halogenated alkanes) is 15. The highest BCUT2D eigenvalue weighted by Crippen LogP contribution is 2.37. The standard InChI is InChI=1S/C44H79NO9P/c1-6-8-10-12-14-15-16-17-18-19-20-22-24-28-43(48)50-34-36(35-52-55-51-31-30-45(3,4)5)53-44(49)29-25-27-41-42(54-41)32-38-37(39(46)33-40(38)47)26-23-21-13-11-9-7-2/h21,23,32,36-37,39,41-42,46,55H,6-20,22,24-31,33-35H2,1-5H3/q+1/b23-21-,38-32-/t36-,37-,39-,41-,42-/m1/s1. The van der Waals surface area contributed by atoms with Gasteiger partial charge in [0.05, 0.1) is 40.0 Å². The third kappa shape index (κ3) is 25.3. The molecule has 2 rings (SSSR count). The fourth-order valence-corrected chi connectivity index (χ4v) is 7.35. The maximum Gasteiger partial charge on any atom is 0.306 e. The van der Waals surface area contributed by atoms with Gasteiger partial charge >= 0.3 is 11.9 Å². The van der Waals surface area contributed by atoms with Gasteiger partial charge in [-0.1, -0.05) is 116 Å². The number of nitrogens with zero attached hydrogens (tertiary/aromatic N) is 1. The van der Waals surface area contributed by atoms with Crippen LogP contribution in [0, 0.1) is 5.92 Å². The largest absolute Gasteiger partial charge is 0.462 e. The first kappa shape index (κ1) is 49.5. The molecule has 0 amide bonds. The normalized spacial score (nSPS) is 21.3. The molecule has 11 heteroatoms. The van der Waals surface area contributed by atoms with Crippen molar-refractivity contribution in [2.75, 3.05) is 47.5 Å². The summed E-state index contributed by atoms with van der Waals surface area (Å²) in [5, 5.41) is 10.5. The number of ketones is 1. The molecule has 318 valence electrons. The SMILES string of the molecule is CCCCC/C=C\C[C@@H]1/C(=C/[C@H]2O[C@@H]2CCCC(=O)O[C@@H](COPOCC[N+](C)(C)C)COC(=O)CCCCCCCCCCCCCCC)C(=O)C[C@H]1O. The lowest BCUT2D eigenvalue weighted by Gasteiger charge is -2.23. The fraction of sp³-hybridized carbons (Fsp3) is 0.841. The van der Waals surface area contributed by atoms with Crippen molar-refractivity contribution in [3.05, 3.63) is 23.8 Å². The van der Waals surface area contributed by atoms with Crippen LogP contribution in [0.3, 0.4) is 0 Å². The molecule has 1 saturated carbocycles. The van der Waals surface area contributed by atoms with Gasteiger partial charge in [0.2, 0.25) is 0 Å². The predicted octanol–water partition coefficient (Wildman–Crippen LogP) is 9.51. The van der Waals surface area contributed by atoms with Crippen LogP contribution in [0.25, 0.3) is 0 Å². The first-order valence-electron chi connectivity index (χ1n) is 21.9. The van der Waals surface area contributed by atoms with E-state index in [1.165, 1.54) is 77.0 Å². The highest BCUT2D eigenvalue weighted by Gasteiger charge is 2.41. The second-order valence-corrected chi connectivity index (χ2v) is 17.4. The van der Waals surface area contributed by atoms with Gasteiger partial charge in [-0.15, -0.1) is 0 Å². The lowest BCUT2D eigenvalue weighted by molar-refractivity contribution is -0.870. The minimum Gasteiger partial charge on any atom is -0.462 e. The number of esters is 2. The number of quaternary nitrogens is 1. The number of epoxide rings is 1. The summed E-state index contributed by atoms with van der Waals surface area (Å²) >= 11 is 0. The van der Waals surface area contributed by atoms with Crippen LogP contribution in [-0.2, 0) is 37.6 Å². The molecule has 1 aliphatic heterocycles. The molecule has 1 saturated heterocycles. The van der Waals surface area contributed by atoms with E-state index in [-0.39, 0.29) is 70.9 Å². The van der Waals surface area contributed by atoms with Crippen LogP contribution in [0.15, 0.2) is 23.8 Å². The van der Waals surface area contributed by atoms with E-state index in [4.69, 9.17) is 23.3 Å². The van der Waals surface area contributed by atoms with Gasteiger partial charge in [-0.05, 0) is 50.2 Å². The van der Waals surface area contributed by atoms with Crippen molar-refractivity contribution in [1.29, 1.82) is 0 Å². The van der Waals surface area contributed by atoms with E-state index in [0.717, 1.165) is 43.1 Å². The Hall–Kier alpha value is -1.68. The van der Waals surface area contributed by atoms with Gasteiger partial charge in [0.25, 0.3) is 0 Å². The predicted molar refractivity (Wildman–Crippen MR) is 222 cm³/mol. The number of rotatable bonds is 35. The van der Waals surface area contributed by atoms with E-state index in [9.17, 15) is 19.5 Å². The van der Waals surface area contributed by atoms with Crippen molar-refractivity contribution < 1.29 is 47.2 Å². The quantitative estimate of drug-likeness (QED) is 0.0127. The zero-order chi connectivity index (χ0) is 40.2. The second kappa shape index (κ2) is 30.4. The number of Topliss-reactive ketones (excluding diaryl/α,β-unsaturated/α-hetero) is 1. The smallest absolute Gasteiger partial charge is 0.306 e. The number of hydrogen-bond donors (Lipinski definition) is 1. The Morgan fingerprint density at radius 3 is 2.09 bits per heavy atom. The number of ether oxygens (including phenoxy) is 3. The number of carbonyl (C=O) groups is 3. The van der Waals surface area contributed by atoms with Crippen LogP contribution < -0.4 is 0 Å². The van der Waals surface area contributed by atoms with Crippen molar-refractivity contribution in [3.8, 4) is 0 Å². The fourth-order valence-electron chi connectivity index (χ4n) is 6.83. The summed E-state index contributed by atoms with van der Waals surface area (Å²) < 4.78 is 29.1. The van der Waals surface area contributed by atoms with Crippen molar-refractivity contribution in [2.45, 2.75) is 186 Å². The maximum atomic E-state index is 12.8. The van der Waals surface area contributed by atoms with Gasteiger partial charge in [0, 0.05) is 25.2 Å². The summed E-state index contributed by atoms with van der Waals surface area (Å²) in [6.07, 6.45) is 27.8. The highest BCUT2D eigenvalue weighted by atomic mass is 31.1. The van der Waals surface area contributed by atoms with Gasteiger partial charge in [-0.25, -0.2) is 0 Å². The third-order valence-electron chi connectivity index (χ3n) is 10.4. The molecule has 0 aromatic rings. The lowest BCUT2D eigenvalue weighted by atomic mass is 9.95. The molecule has 10 nitrogen and oxygen atoms in total. The number of carbonyl (C=O) groups excluding carboxylic acids is 3. The topological polar surface area (TPSA) is 121 Å². The molecule has 1 heterocycles. The van der Waals surface area contributed by atoms with Gasteiger partial charge in [0.15, 0.2) is 20.9 Å². The van der Waals surface area contributed by atoms with E-state index in [2.05, 4.69) is 47.1 Å². The first-order valence-corrected chi connectivity index (χ1v) is 22.7. The van der Waals surface area contributed by atoms with Crippen LogP contribution in [0.2, 0.25) is 0 Å². The molecule has 0 spiro atoms. The third-order valence-corrected chi connectivity index (χ3v) is 11.0. The van der Waals surface area contributed by atoms with Crippen LogP contribution in [0.5, 0.6) is 0 Å². The van der Waals surface area contributed by atoms with E-state index in [1.54, 1.807) is 0 Å². The number of aliphatic hydroxyl groups is 1. The van der Waals surface area contributed by atoms with Crippen molar-refractivity contribution in [2.24, 2.45) is 5.92 Å². The van der Waals surface area contributed by atoms with Crippen LogP contribution in [0.4, 0.5) is 0 Å². The van der Waals surface area contributed by atoms with Crippen molar-refractivity contribution >= 4 is 26.8 Å².